The molecule has 0 aromatic carbocycles. The minimum atomic E-state index is -0.369. The van der Waals surface area contributed by atoms with E-state index in [9.17, 15) is 4.79 Å². The molecule has 1 aliphatic heterocycles. The second-order valence-electron chi connectivity index (χ2n) is 5.91. The van der Waals surface area contributed by atoms with Crippen LogP contribution in [-0.4, -0.2) is 51.7 Å². The molecule has 2 rings (SSSR count). The van der Waals surface area contributed by atoms with Crippen molar-refractivity contribution in [3.05, 3.63) is 17.5 Å². The van der Waals surface area contributed by atoms with Crippen LogP contribution in [0.5, 0.6) is 0 Å². The first-order chi connectivity index (χ1) is 8.84. The van der Waals surface area contributed by atoms with Crippen molar-refractivity contribution in [1.82, 2.24) is 19.6 Å². The molecule has 0 spiro atoms. The lowest BCUT2D eigenvalue weighted by molar-refractivity contribution is -0.139. The number of hydrogen-bond acceptors (Lipinski definition) is 3. The Balaban J connectivity index is 2.20. The Bertz CT molecular complexity index is 480. The van der Waals surface area contributed by atoms with Gasteiger partial charge in [-0.3, -0.25) is 14.4 Å². The number of likely N-dealkylation sites (N-methyl/N-ethyl adjacent to an activating group) is 1. The summed E-state index contributed by atoms with van der Waals surface area (Å²) in [4.78, 5) is 16.4. The summed E-state index contributed by atoms with van der Waals surface area (Å²) in [6.45, 7) is 5.87. The third-order valence-corrected chi connectivity index (χ3v) is 4.13. The van der Waals surface area contributed by atoms with Crippen molar-refractivity contribution >= 4 is 5.91 Å². The number of nitrogens with zero attached hydrogens (tertiary/aromatic N) is 4. The first-order valence-corrected chi connectivity index (χ1v) is 6.80. The van der Waals surface area contributed by atoms with Crippen molar-refractivity contribution in [2.45, 2.75) is 38.8 Å². The van der Waals surface area contributed by atoms with E-state index < -0.39 is 0 Å². The molecule has 1 saturated heterocycles. The molecule has 1 unspecified atom stereocenters. The van der Waals surface area contributed by atoms with E-state index in [0.717, 1.165) is 31.6 Å². The highest BCUT2D eigenvalue weighted by atomic mass is 16.2. The van der Waals surface area contributed by atoms with Gasteiger partial charge in [0.05, 0.1) is 11.2 Å². The normalized spacial score (nSPS) is 23.8. The second-order valence-corrected chi connectivity index (χ2v) is 5.91. The molecule has 1 aromatic heterocycles. The zero-order valence-electron chi connectivity index (χ0n) is 12.6. The van der Waals surface area contributed by atoms with Gasteiger partial charge in [-0.15, -0.1) is 0 Å². The van der Waals surface area contributed by atoms with E-state index in [2.05, 4.69) is 16.9 Å². The van der Waals surface area contributed by atoms with E-state index in [1.165, 1.54) is 5.56 Å². The Morgan fingerprint density at radius 1 is 1.53 bits per heavy atom. The molecular formula is C14H24N4O. The summed E-state index contributed by atoms with van der Waals surface area (Å²) in [5.41, 5.74) is 1.89. The molecule has 5 heteroatoms. The third kappa shape index (κ3) is 2.52. The van der Waals surface area contributed by atoms with E-state index in [0.29, 0.717) is 0 Å². The average Bonchev–Trinajstić information content (AvgIpc) is 2.84. The van der Waals surface area contributed by atoms with E-state index >= 15 is 0 Å². The molecule has 0 aliphatic carbocycles. The zero-order chi connectivity index (χ0) is 14.2. The van der Waals surface area contributed by atoms with Gasteiger partial charge in [-0.2, -0.15) is 5.10 Å². The number of carbonyl (C=O) groups is 1. The maximum atomic E-state index is 12.4. The highest BCUT2D eigenvalue weighted by Crippen LogP contribution is 2.32. The summed E-state index contributed by atoms with van der Waals surface area (Å²) in [6, 6.07) is 0. The Kier molecular flexibility index (Phi) is 3.67. The number of hydrogen-bond donors (Lipinski definition) is 0. The quantitative estimate of drug-likeness (QED) is 0.823. The molecule has 106 valence electrons. The molecule has 1 aromatic rings. The Morgan fingerprint density at radius 2 is 2.21 bits per heavy atom. The summed E-state index contributed by atoms with van der Waals surface area (Å²) in [6.07, 6.45) is 4.06. The smallest absolute Gasteiger partial charge is 0.242 e. The fraction of sp³-hybridized carbons (Fsp3) is 0.714. The molecule has 1 atom stereocenters. The molecular weight excluding hydrogens is 240 g/mol. The van der Waals surface area contributed by atoms with Gasteiger partial charge in [0.25, 0.3) is 0 Å². The molecule has 5 nitrogen and oxygen atoms in total. The largest absolute Gasteiger partial charge is 0.347 e. The summed E-state index contributed by atoms with van der Waals surface area (Å²) in [5, 5.41) is 4.38. The maximum absolute atomic E-state index is 12.4. The van der Waals surface area contributed by atoms with Gasteiger partial charge in [0.1, 0.15) is 0 Å². The van der Waals surface area contributed by atoms with E-state index in [-0.39, 0.29) is 11.4 Å². The average molecular weight is 264 g/mol. The van der Waals surface area contributed by atoms with Gasteiger partial charge in [-0.1, -0.05) is 0 Å². The molecule has 1 amide bonds. The van der Waals surface area contributed by atoms with Gasteiger partial charge in [0, 0.05) is 39.4 Å². The predicted molar refractivity (Wildman–Crippen MR) is 74.7 cm³/mol. The number of aryl methyl sites for hydroxylation is 2. The lowest BCUT2D eigenvalue weighted by Gasteiger charge is -2.35. The molecule has 1 aliphatic rings. The molecule has 0 radical (unpaired) electrons. The molecule has 0 bridgehead atoms. The molecule has 19 heavy (non-hydrogen) atoms. The van der Waals surface area contributed by atoms with Crippen LogP contribution in [0.4, 0.5) is 0 Å². The highest BCUT2D eigenvalue weighted by Gasteiger charge is 2.43. The molecule has 1 fully saturated rings. The van der Waals surface area contributed by atoms with Crippen LogP contribution < -0.4 is 0 Å². The fourth-order valence-corrected chi connectivity index (χ4v) is 3.01. The minimum absolute atomic E-state index is 0.201. The summed E-state index contributed by atoms with van der Waals surface area (Å²) in [7, 11) is 5.60. The van der Waals surface area contributed by atoms with Crippen molar-refractivity contribution in [3.8, 4) is 0 Å². The fourth-order valence-electron chi connectivity index (χ4n) is 3.01. The van der Waals surface area contributed by atoms with Crippen LogP contribution in [-0.2, 0) is 18.4 Å². The Morgan fingerprint density at radius 3 is 2.74 bits per heavy atom. The zero-order valence-corrected chi connectivity index (χ0v) is 12.6. The van der Waals surface area contributed by atoms with Crippen LogP contribution in [0.3, 0.4) is 0 Å². The van der Waals surface area contributed by atoms with E-state index in [1.54, 1.807) is 4.90 Å². The van der Waals surface area contributed by atoms with Crippen molar-refractivity contribution in [2.24, 2.45) is 7.05 Å². The number of rotatable bonds is 3. The van der Waals surface area contributed by atoms with Crippen molar-refractivity contribution < 1.29 is 4.79 Å². The number of likely N-dealkylation sites (tertiary alicyclic amines) is 1. The summed E-state index contributed by atoms with van der Waals surface area (Å²) < 4.78 is 1.84. The second kappa shape index (κ2) is 4.96. The molecule has 0 N–H and O–H groups in total. The maximum Gasteiger partial charge on any atom is 0.242 e. The SMILES string of the molecule is Cc1nn(C)cc1CN1CCCC1(C)C(=O)N(C)C. The summed E-state index contributed by atoms with van der Waals surface area (Å²) in [5.74, 6) is 0.201. The Labute approximate surface area is 115 Å². The van der Waals surface area contributed by atoms with Crippen LogP contribution in [0.1, 0.15) is 31.0 Å². The van der Waals surface area contributed by atoms with Crippen molar-refractivity contribution in [1.29, 1.82) is 0 Å². The monoisotopic (exact) mass is 264 g/mol. The number of carbonyl (C=O) groups excluding carboxylic acids is 1. The van der Waals surface area contributed by atoms with Crippen molar-refractivity contribution in [3.63, 3.8) is 0 Å². The van der Waals surface area contributed by atoms with Gasteiger partial charge in [-0.05, 0) is 33.2 Å². The summed E-state index contributed by atoms with van der Waals surface area (Å²) >= 11 is 0. The van der Waals surface area contributed by atoms with Gasteiger partial charge in [-0.25, -0.2) is 0 Å². The van der Waals surface area contributed by atoms with Crippen molar-refractivity contribution in [2.75, 3.05) is 20.6 Å². The minimum Gasteiger partial charge on any atom is -0.347 e. The lowest BCUT2D eigenvalue weighted by atomic mass is 9.96. The van der Waals surface area contributed by atoms with Gasteiger partial charge in [0.15, 0.2) is 0 Å². The Hall–Kier alpha value is -1.36. The van der Waals surface area contributed by atoms with E-state index in [4.69, 9.17) is 0 Å². The van der Waals surface area contributed by atoms with Gasteiger partial charge >= 0.3 is 0 Å². The highest BCUT2D eigenvalue weighted by molar-refractivity contribution is 5.85. The first-order valence-electron chi connectivity index (χ1n) is 6.80. The predicted octanol–water partition coefficient (Wildman–Crippen LogP) is 1.17. The van der Waals surface area contributed by atoms with Gasteiger partial charge in [0.2, 0.25) is 5.91 Å². The van der Waals surface area contributed by atoms with Crippen LogP contribution in [0, 0.1) is 6.92 Å². The van der Waals surface area contributed by atoms with Crippen LogP contribution in [0.15, 0.2) is 6.20 Å². The van der Waals surface area contributed by atoms with Crippen LogP contribution in [0.2, 0.25) is 0 Å². The van der Waals surface area contributed by atoms with E-state index in [1.807, 2.05) is 38.9 Å². The molecule has 2 heterocycles. The first kappa shape index (κ1) is 14.1. The van der Waals surface area contributed by atoms with Crippen LogP contribution >= 0.6 is 0 Å². The molecule has 0 saturated carbocycles. The third-order valence-electron chi connectivity index (χ3n) is 4.13. The topological polar surface area (TPSA) is 41.4 Å². The van der Waals surface area contributed by atoms with Crippen LogP contribution in [0.25, 0.3) is 0 Å². The lowest BCUT2D eigenvalue weighted by Crippen LogP contribution is -2.52. The number of amides is 1. The number of aromatic nitrogens is 2. The standard InChI is InChI=1S/C14H24N4O/c1-11-12(9-17(5)15-11)10-18-8-6-7-14(18,2)13(19)16(3)4/h9H,6-8,10H2,1-5H3. The van der Waals surface area contributed by atoms with Gasteiger partial charge < -0.3 is 4.90 Å².